The molecule has 0 aliphatic rings. The number of imidazole rings is 1. The minimum absolute atomic E-state index is 0.0503. The van der Waals surface area contributed by atoms with E-state index in [0.29, 0.717) is 10.0 Å². The van der Waals surface area contributed by atoms with Gasteiger partial charge in [0.15, 0.2) is 0 Å². The molecule has 0 atom stereocenters. The minimum atomic E-state index is -4.74. The molecule has 2 rings (SSSR count). The fraction of sp³-hybridized carbons (Fsp3) is 0.267. The van der Waals surface area contributed by atoms with Crippen LogP contribution in [0.15, 0.2) is 47.4 Å². The predicted molar refractivity (Wildman–Crippen MR) is 81.6 cm³/mol. The standard InChI is InChI=1S/C15H15F3N2O3S/c1-3-23-14(15(16,17)18)8-12-9-19-10-20(12)24(21,22)13-6-4-11(2)5-7-13/h4-10H,3H2,1-2H3. The molecule has 0 aliphatic carbocycles. The highest BCUT2D eigenvalue weighted by Crippen LogP contribution is 2.29. The van der Waals surface area contributed by atoms with E-state index < -0.39 is 22.0 Å². The Labute approximate surface area is 137 Å². The summed E-state index contributed by atoms with van der Waals surface area (Å²) in [5.41, 5.74) is 0.603. The molecule has 130 valence electrons. The van der Waals surface area contributed by atoms with Gasteiger partial charge in [0.05, 0.1) is 23.4 Å². The molecular weight excluding hydrogens is 345 g/mol. The molecule has 5 nitrogen and oxygen atoms in total. The van der Waals surface area contributed by atoms with Gasteiger partial charge >= 0.3 is 6.18 Å². The topological polar surface area (TPSA) is 61.2 Å². The lowest BCUT2D eigenvalue weighted by Gasteiger charge is -2.13. The smallest absolute Gasteiger partial charge is 0.448 e. The zero-order valence-corrected chi connectivity index (χ0v) is 13.7. The van der Waals surface area contributed by atoms with Crippen molar-refractivity contribution in [1.82, 2.24) is 8.96 Å². The number of ether oxygens (including phenoxy) is 1. The van der Waals surface area contributed by atoms with Gasteiger partial charge in [0.2, 0.25) is 5.76 Å². The summed E-state index contributed by atoms with van der Waals surface area (Å²) < 4.78 is 69.2. The second kappa shape index (κ2) is 6.68. The number of halogens is 3. The van der Waals surface area contributed by atoms with Crippen LogP contribution in [0.5, 0.6) is 0 Å². The Bertz CT molecular complexity index is 838. The van der Waals surface area contributed by atoms with Gasteiger partial charge in [-0.2, -0.15) is 13.2 Å². The van der Waals surface area contributed by atoms with Gasteiger partial charge in [-0.1, -0.05) is 17.7 Å². The summed E-state index contributed by atoms with van der Waals surface area (Å²) in [6, 6.07) is 5.96. The Kier molecular flexibility index (Phi) is 5.02. The fourth-order valence-corrected chi connectivity index (χ4v) is 3.18. The van der Waals surface area contributed by atoms with E-state index in [1.54, 1.807) is 19.1 Å². The van der Waals surface area contributed by atoms with Crippen LogP contribution in [0, 0.1) is 6.92 Å². The normalized spacial score (nSPS) is 13.1. The molecule has 1 aromatic heterocycles. The second-order valence-electron chi connectivity index (χ2n) is 4.87. The first kappa shape index (κ1) is 18.1. The van der Waals surface area contributed by atoms with Crippen LogP contribution >= 0.6 is 0 Å². The zero-order valence-electron chi connectivity index (χ0n) is 12.9. The number of aryl methyl sites for hydroxylation is 1. The lowest BCUT2D eigenvalue weighted by Crippen LogP contribution is -2.17. The van der Waals surface area contributed by atoms with Crippen LogP contribution in [0.1, 0.15) is 18.2 Å². The van der Waals surface area contributed by atoms with Crippen LogP contribution in [-0.4, -0.2) is 30.2 Å². The molecule has 0 saturated heterocycles. The first-order chi connectivity index (χ1) is 11.2. The monoisotopic (exact) mass is 360 g/mol. The fourth-order valence-electron chi connectivity index (χ4n) is 1.91. The summed E-state index contributed by atoms with van der Waals surface area (Å²) in [6.45, 7) is 2.99. The second-order valence-corrected chi connectivity index (χ2v) is 6.69. The van der Waals surface area contributed by atoms with Crippen LogP contribution in [0.3, 0.4) is 0 Å². The summed E-state index contributed by atoms with van der Waals surface area (Å²) in [5.74, 6) is -1.29. The third-order valence-corrected chi connectivity index (χ3v) is 4.76. The third kappa shape index (κ3) is 3.78. The number of hydrogen-bond donors (Lipinski definition) is 0. The van der Waals surface area contributed by atoms with Crippen molar-refractivity contribution in [3.63, 3.8) is 0 Å². The van der Waals surface area contributed by atoms with E-state index in [2.05, 4.69) is 9.72 Å². The maximum atomic E-state index is 12.9. The predicted octanol–water partition coefficient (Wildman–Crippen LogP) is 3.37. The van der Waals surface area contributed by atoms with Crippen LogP contribution in [0.2, 0.25) is 0 Å². The van der Waals surface area contributed by atoms with E-state index >= 15 is 0 Å². The molecule has 0 spiro atoms. The molecule has 0 bridgehead atoms. The van der Waals surface area contributed by atoms with E-state index in [1.165, 1.54) is 19.1 Å². The summed E-state index contributed by atoms with van der Waals surface area (Å²) in [4.78, 5) is 3.59. The molecule has 1 heterocycles. The molecule has 0 unspecified atom stereocenters. The molecule has 2 aromatic rings. The van der Waals surface area contributed by atoms with Gasteiger partial charge in [0, 0.05) is 6.08 Å². The van der Waals surface area contributed by atoms with Crippen molar-refractivity contribution in [2.24, 2.45) is 0 Å². The molecule has 0 radical (unpaired) electrons. The largest absolute Gasteiger partial charge is 0.489 e. The number of allylic oxidation sites excluding steroid dienone is 1. The van der Waals surface area contributed by atoms with Crippen LogP contribution in [0.25, 0.3) is 6.08 Å². The van der Waals surface area contributed by atoms with Crippen molar-refractivity contribution in [3.05, 3.63) is 53.8 Å². The highest BCUT2D eigenvalue weighted by molar-refractivity contribution is 7.90. The van der Waals surface area contributed by atoms with Gasteiger partial charge in [0.25, 0.3) is 10.0 Å². The molecular formula is C15H15F3N2O3S. The van der Waals surface area contributed by atoms with E-state index in [9.17, 15) is 21.6 Å². The lowest BCUT2D eigenvalue weighted by molar-refractivity contribution is -0.128. The van der Waals surface area contributed by atoms with Crippen molar-refractivity contribution in [2.75, 3.05) is 6.61 Å². The van der Waals surface area contributed by atoms with Gasteiger partial charge in [-0.3, -0.25) is 0 Å². The van der Waals surface area contributed by atoms with Crippen molar-refractivity contribution in [3.8, 4) is 0 Å². The van der Waals surface area contributed by atoms with E-state index in [1.807, 2.05) is 0 Å². The zero-order chi connectivity index (χ0) is 18.0. The van der Waals surface area contributed by atoms with Gasteiger partial charge < -0.3 is 4.74 Å². The lowest BCUT2D eigenvalue weighted by atomic mass is 10.2. The molecule has 0 fully saturated rings. The SMILES string of the molecule is CCOC(=Cc1cncn1S(=O)(=O)c1ccc(C)cc1)C(F)(F)F. The summed E-state index contributed by atoms with van der Waals surface area (Å²) in [7, 11) is -4.06. The van der Waals surface area contributed by atoms with Crippen LogP contribution in [-0.2, 0) is 14.8 Å². The maximum Gasteiger partial charge on any atom is 0.448 e. The van der Waals surface area contributed by atoms with E-state index in [4.69, 9.17) is 0 Å². The highest BCUT2D eigenvalue weighted by atomic mass is 32.2. The Morgan fingerprint density at radius 3 is 2.46 bits per heavy atom. The van der Waals surface area contributed by atoms with Gasteiger partial charge in [0.1, 0.15) is 6.33 Å². The molecule has 1 aromatic carbocycles. The van der Waals surface area contributed by atoms with Crippen molar-refractivity contribution in [2.45, 2.75) is 24.9 Å². The molecule has 0 N–H and O–H groups in total. The number of benzene rings is 1. The molecule has 0 amide bonds. The number of aromatic nitrogens is 2. The number of hydrogen-bond acceptors (Lipinski definition) is 4. The summed E-state index contributed by atoms with van der Waals surface area (Å²) in [6.07, 6.45) is -2.15. The quantitative estimate of drug-likeness (QED) is 0.767. The van der Waals surface area contributed by atoms with Crippen molar-refractivity contribution >= 4 is 16.1 Å². The Balaban J connectivity index is 2.52. The Hall–Kier alpha value is -2.29. The summed E-state index contributed by atoms with van der Waals surface area (Å²) in [5, 5.41) is 0. The maximum absolute atomic E-state index is 12.9. The number of nitrogens with zero attached hydrogens (tertiary/aromatic N) is 2. The van der Waals surface area contributed by atoms with E-state index in [-0.39, 0.29) is 17.2 Å². The number of rotatable bonds is 5. The molecule has 0 aliphatic heterocycles. The van der Waals surface area contributed by atoms with Crippen LogP contribution < -0.4 is 0 Å². The van der Waals surface area contributed by atoms with Crippen molar-refractivity contribution in [1.29, 1.82) is 0 Å². The van der Waals surface area contributed by atoms with Gasteiger partial charge in [-0.15, -0.1) is 0 Å². The minimum Gasteiger partial charge on any atom is -0.489 e. The highest BCUT2D eigenvalue weighted by Gasteiger charge is 2.36. The van der Waals surface area contributed by atoms with Crippen molar-refractivity contribution < 1.29 is 26.3 Å². The average molecular weight is 360 g/mol. The molecule has 0 saturated carbocycles. The van der Waals surface area contributed by atoms with Crippen LogP contribution in [0.4, 0.5) is 13.2 Å². The van der Waals surface area contributed by atoms with E-state index in [0.717, 1.165) is 18.1 Å². The number of alkyl halides is 3. The molecule has 9 heteroatoms. The average Bonchev–Trinajstić information content (AvgIpc) is 2.95. The first-order valence-electron chi connectivity index (χ1n) is 6.92. The Morgan fingerprint density at radius 2 is 1.92 bits per heavy atom. The Morgan fingerprint density at radius 1 is 1.29 bits per heavy atom. The first-order valence-corrected chi connectivity index (χ1v) is 8.36. The van der Waals surface area contributed by atoms with Gasteiger partial charge in [-0.25, -0.2) is 17.4 Å². The summed E-state index contributed by atoms with van der Waals surface area (Å²) >= 11 is 0. The van der Waals surface area contributed by atoms with Gasteiger partial charge in [-0.05, 0) is 26.0 Å². The molecule has 24 heavy (non-hydrogen) atoms. The third-order valence-electron chi connectivity index (χ3n) is 3.07.